The van der Waals surface area contributed by atoms with Crippen molar-refractivity contribution in [2.24, 2.45) is 0 Å². The van der Waals surface area contributed by atoms with Gasteiger partial charge in [0.15, 0.2) is 0 Å². The molecule has 2 aromatic rings. The van der Waals surface area contributed by atoms with E-state index in [2.05, 4.69) is 80.7 Å². The van der Waals surface area contributed by atoms with Crippen LogP contribution >= 0.6 is 15.9 Å². The van der Waals surface area contributed by atoms with Crippen molar-refractivity contribution >= 4 is 21.6 Å². The second-order valence-corrected chi connectivity index (χ2v) is 5.35. The highest BCUT2D eigenvalue weighted by Crippen LogP contribution is 2.28. The Bertz CT molecular complexity index is 510. The molecule has 0 saturated carbocycles. The summed E-state index contributed by atoms with van der Waals surface area (Å²) in [5.74, 6) is 0. The maximum Gasteiger partial charge on any atom is 0.106 e. The van der Waals surface area contributed by atoms with Gasteiger partial charge in [0.25, 0.3) is 0 Å². The Morgan fingerprint density at radius 3 is 2.44 bits per heavy atom. The Hall–Kier alpha value is -1.32. The molecule has 3 heteroatoms. The van der Waals surface area contributed by atoms with Gasteiger partial charge in [-0.1, -0.05) is 46.3 Å². The minimum Gasteiger partial charge on any atom is -0.351 e. The summed E-state index contributed by atoms with van der Waals surface area (Å²) in [7, 11) is 0. The first-order valence-electron chi connectivity index (χ1n) is 6.15. The minimum absolute atomic E-state index is 0.278. The summed E-state index contributed by atoms with van der Waals surface area (Å²) in [6.07, 6.45) is 0.278. The molecule has 1 N–H and O–H groups in total. The van der Waals surface area contributed by atoms with Gasteiger partial charge in [-0.3, -0.25) is 5.32 Å². The minimum atomic E-state index is 0.278. The Labute approximate surface area is 116 Å². The first-order valence-corrected chi connectivity index (χ1v) is 6.94. The van der Waals surface area contributed by atoms with Crippen molar-refractivity contribution in [2.45, 2.75) is 6.17 Å². The normalized spacial score (nSPS) is 19.2. The van der Waals surface area contributed by atoms with Gasteiger partial charge in [-0.2, -0.15) is 0 Å². The van der Waals surface area contributed by atoms with E-state index in [-0.39, 0.29) is 6.17 Å². The SMILES string of the molecule is Brc1ccc(C2NCCN2c2ccccc2)cc1. The second-order valence-electron chi connectivity index (χ2n) is 4.44. The molecule has 3 rings (SSSR count). The third kappa shape index (κ3) is 2.28. The van der Waals surface area contributed by atoms with Gasteiger partial charge in [-0.15, -0.1) is 0 Å². The molecule has 0 aliphatic carbocycles. The average Bonchev–Trinajstić information content (AvgIpc) is 2.90. The summed E-state index contributed by atoms with van der Waals surface area (Å²) in [4.78, 5) is 2.41. The molecule has 0 aromatic heterocycles. The maximum absolute atomic E-state index is 3.55. The van der Waals surface area contributed by atoms with E-state index < -0.39 is 0 Å². The first kappa shape index (κ1) is 11.8. The van der Waals surface area contributed by atoms with Crippen molar-refractivity contribution in [1.29, 1.82) is 0 Å². The highest BCUT2D eigenvalue weighted by atomic mass is 79.9. The number of hydrogen-bond donors (Lipinski definition) is 1. The summed E-state index contributed by atoms with van der Waals surface area (Å²) in [5.41, 5.74) is 2.58. The molecule has 1 aliphatic heterocycles. The largest absolute Gasteiger partial charge is 0.351 e. The van der Waals surface area contributed by atoms with Crippen LogP contribution in [0.2, 0.25) is 0 Å². The van der Waals surface area contributed by atoms with Crippen molar-refractivity contribution in [2.75, 3.05) is 18.0 Å². The summed E-state index contributed by atoms with van der Waals surface area (Å²) in [6.45, 7) is 2.07. The zero-order valence-electron chi connectivity index (χ0n) is 10.0. The van der Waals surface area contributed by atoms with Crippen LogP contribution in [-0.2, 0) is 0 Å². The predicted molar refractivity (Wildman–Crippen MR) is 78.7 cm³/mol. The maximum atomic E-state index is 3.55. The third-order valence-electron chi connectivity index (χ3n) is 3.28. The van der Waals surface area contributed by atoms with Crippen LogP contribution in [0.15, 0.2) is 59.1 Å². The lowest BCUT2D eigenvalue weighted by Gasteiger charge is -2.26. The fraction of sp³-hybridized carbons (Fsp3) is 0.200. The molecule has 0 amide bonds. The topological polar surface area (TPSA) is 15.3 Å². The van der Waals surface area contributed by atoms with Crippen LogP contribution in [0.3, 0.4) is 0 Å². The van der Waals surface area contributed by atoms with Crippen LogP contribution < -0.4 is 10.2 Å². The lowest BCUT2D eigenvalue weighted by molar-refractivity contribution is 0.644. The van der Waals surface area contributed by atoms with Gasteiger partial charge in [0.05, 0.1) is 0 Å². The van der Waals surface area contributed by atoms with E-state index in [1.807, 2.05) is 0 Å². The van der Waals surface area contributed by atoms with E-state index in [0.29, 0.717) is 0 Å². The first-order chi connectivity index (χ1) is 8.84. The third-order valence-corrected chi connectivity index (χ3v) is 3.80. The van der Waals surface area contributed by atoms with Crippen molar-refractivity contribution in [3.63, 3.8) is 0 Å². The van der Waals surface area contributed by atoms with E-state index in [4.69, 9.17) is 0 Å². The van der Waals surface area contributed by atoms with Crippen molar-refractivity contribution in [3.8, 4) is 0 Å². The fourth-order valence-electron chi connectivity index (χ4n) is 2.40. The Balaban J connectivity index is 1.90. The Kier molecular flexibility index (Phi) is 3.35. The number of anilines is 1. The molecular formula is C15H15BrN2. The highest BCUT2D eigenvalue weighted by Gasteiger charge is 2.25. The van der Waals surface area contributed by atoms with Crippen LogP contribution in [0.4, 0.5) is 5.69 Å². The number of rotatable bonds is 2. The lowest BCUT2D eigenvalue weighted by atomic mass is 10.1. The van der Waals surface area contributed by atoms with E-state index in [9.17, 15) is 0 Å². The highest BCUT2D eigenvalue weighted by molar-refractivity contribution is 9.10. The van der Waals surface area contributed by atoms with Crippen molar-refractivity contribution in [1.82, 2.24) is 5.32 Å². The van der Waals surface area contributed by atoms with Gasteiger partial charge >= 0.3 is 0 Å². The molecule has 1 saturated heterocycles. The van der Waals surface area contributed by atoms with E-state index in [1.165, 1.54) is 11.3 Å². The van der Waals surface area contributed by atoms with Gasteiger partial charge in [0.2, 0.25) is 0 Å². The van der Waals surface area contributed by atoms with Crippen molar-refractivity contribution in [3.05, 3.63) is 64.6 Å². The van der Waals surface area contributed by atoms with E-state index in [0.717, 1.165) is 17.6 Å². The molecule has 92 valence electrons. The van der Waals surface area contributed by atoms with Crippen LogP contribution in [0.1, 0.15) is 11.7 Å². The molecule has 0 spiro atoms. The van der Waals surface area contributed by atoms with Gasteiger partial charge in [0, 0.05) is 23.2 Å². The predicted octanol–water partition coefficient (Wildman–Crippen LogP) is 3.56. The van der Waals surface area contributed by atoms with Crippen molar-refractivity contribution < 1.29 is 0 Å². The molecule has 1 heterocycles. The van der Waals surface area contributed by atoms with Gasteiger partial charge in [-0.25, -0.2) is 0 Å². The van der Waals surface area contributed by atoms with Crippen LogP contribution in [0.5, 0.6) is 0 Å². The molecule has 1 unspecified atom stereocenters. The summed E-state index contributed by atoms with van der Waals surface area (Å²) < 4.78 is 1.12. The van der Waals surface area contributed by atoms with E-state index in [1.54, 1.807) is 0 Å². The zero-order valence-corrected chi connectivity index (χ0v) is 11.6. The van der Waals surface area contributed by atoms with Crippen LogP contribution in [0.25, 0.3) is 0 Å². The smallest absolute Gasteiger partial charge is 0.106 e. The number of para-hydroxylation sites is 1. The number of hydrogen-bond acceptors (Lipinski definition) is 2. The monoisotopic (exact) mass is 302 g/mol. The Morgan fingerprint density at radius 1 is 1.00 bits per heavy atom. The summed E-state index contributed by atoms with van der Waals surface area (Å²) in [6, 6.07) is 19.1. The molecule has 1 atom stereocenters. The van der Waals surface area contributed by atoms with E-state index >= 15 is 0 Å². The van der Waals surface area contributed by atoms with Gasteiger partial charge < -0.3 is 4.90 Å². The van der Waals surface area contributed by atoms with Gasteiger partial charge in [-0.05, 0) is 29.8 Å². The quantitative estimate of drug-likeness (QED) is 0.912. The number of halogens is 1. The summed E-state index contributed by atoms with van der Waals surface area (Å²) >= 11 is 3.48. The number of benzene rings is 2. The van der Waals surface area contributed by atoms with Gasteiger partial charge in [0.1, 0.15) is 6.17 Å². The fourth-order valence-corrected chi connectivity index (χ4v) is 2.67. The zero-order chi connectivity index (χ0) is 12.4. The Morgan fingerprint density at radius 2 is 1.72 bits per heavy atom. The average molecular weight is 303 g/mol. The molecular weight excluding hydrogens is 288 g/mol. The lowest BCUT2D eigenvalue weighted by Crippen LogP contribution is -2.27. The molecule has 2 nitrogen and oxygen atoms in total. The second kappa shape index (κ2) is 5.12. The number of nitrogens with one attached hydrogen (secondary N) is 1. The molecule has 2 aromatic carbocycles. The molecule has 0 radical (unpaired) electrons. The standard InChI is InChI=1S/C15H15BrN2/c16-13-8-6-12(7-9-13)15-17-10-11-18(15)14-4-2-1-3-5-14/h1-9,15,17H,10-11H2. The molecule has 18 heavy (non-hydrogen) atoms. The van der Waals surface area contributed by atoms with Crippen LogP contribution in [0, 0.1) is 0 Å². The molecule has 1 fully saturated rings. The van der Waals surface area contributed by atoms with Crippen LogP contribution in [-0.4, -0.2) is 13.1 Å². The molecule has 0 bridgehead atoms. The number of nitrogens with zero attached hydrogens (tertiary/aromatic N) is 1. The molecule has 1 aliphatic rings. The summed E-state index contributed by atoms with van der Waals surface area (Å²) in [5, 5.41) is 3.55.